The number of halogens is 1. The van der Waals surface area contributed by atoms with Crippen molar-refractivity contribution in [3.8, 4) is 11.4 Å². The van der Waals surface area contributed by atoms with Crippen LogP contribution in [0, 0.1) is 12.7 Å². The largest absolute Gasteiger partial charge is 0.373 e. The van der Waals surface area contributed by atoms with Crippen LogP contribution < -0.4 is 5.32 Å². The minimum atomic E-state index is -0.293. The van der Waals surface area contributed by atoms with E-state index in [-0.39, 0.29) is 5.82 Å². The number of rotatable bonds is 2. The van der Waals surface area contributed by atoms with Crippen molar-refractivity contribution in [3.05, 3.63) is 41.7 Å². The number of benzene rings is 1. The lowest BCUT2D eigenvalue weighted by Crippen LogP contribution is -1.91. The summed E-state index contributed by atoms with van der Waals surface area (Å²) in [5.74, 6) is 0.936. The van der Waals surface area contributed by atoms with E-state index in [2.05, 4.69) is 20.3 Å². The van der Waals surface area contributed by atoms with Crippen LogP contribution in [-0.2, 0) is 0 Å². The summed E-state index contributed by atoms with van der Waals surface area (Å²) in [5.41, 5.74) is 2.81. The lowest BCUT2D eigenvalue weighted by Gasteiger charge is -2.00. The third-order valence-corrected chi connectivity index (χ3v) is 2.98. The molecule has 0 saturated carbocycles. The molecule has 3 rings (SSSR count). The SMILES string of the molecule is CNc1ccc2[nH]c(-c3cc(C)ccc3F)nc2n1. The van der Waals surface area contributed by atoms with Gasteiger partial charge in [0.25, 0.3) is 0 Å². The molecular weight excluding hydrogens is 243 g/mol. The first-order valence-electron chi connectivity index (χ1n) is 5.98. The van der Waals surface area contributed by atoms with E-state index in [1.165, 1.54) is 6.07 Å². The molecule has 2 aromatic heterocycles. The van der Waals surface area contributed by atoms with E-state index in [1.807, 2.05) is 19.1 Å². The first-order chi connectivity index (χ1) is 9.17. The quantitative estimate of drug-likeness (QED) is 0.740. The van der Waals surface area contributed by atoms with Gasteiger partial charge in [-0.05, 0) is 31.2 Å². The molecule has 0 atom stereocenters. The standard InChI is InChI=1S/C14H13FN4/c1-8-3-4-10(15)9(7-8)13-17-11-5-6-12(16-2)18-14(11)19-13/h3-7H,1-2H3,(H2,16,17,18,19). The van der Waals surface area contributed by atoms with Crippen molar-refractivity contribution in [2.75, 3.05) is 12.4 Å². The van der Waals surface area contributed by atoms with Crippen molar-refractivity contribution in [2.45, 2.75) is 6.92 Å². The Kier molecular flexibility index (Phi) is 2.67. The molecule has 0 spiro atoms. The van der Waals surface area contributed by atoms with Crippen molar-refractivity contribution < 1.29 is 4.39 Å². The Hall–Kier alpha value is -2.43. The molecule has 2 N–H and O–H groups in total. The van der Waals surface area contributed by atoms with Crippen LogP contribution in [-0.4, -0.2) is 22.0 Å². The fraction of sp³-hybridized carbons (Fsp3) is 0.143. The molecule has 5 heteroatoms. The number of aromatic nitrogens is 3. The number of anilines is 1. The molecule has 0 aliphatic rings. The molecule has 19 heavy (non-hydrogen) atoms. The Balaban J connectivity index is 2.17. The predicted molar refractivity (Wildman–Crippen MR) is 73.6 cm³/mol. The van der Waals surface area contributed by atoms with E-state index >= 15 is 0 Å². The van der Waals surface area contributed by atoms with Gasteiger partial charge in [0.1, 0.15) is 17.5 Å². The molecule has 0 amide bonds. The summed E-state index contributed by atoms with van der Waals surface area (Å²) >= 11 is 0. The molecule has 0 saturated heterocycles. The molecule has 1 aromatic carbocycles. The molecule has 96 valence electrons. The fourth-order valence-corrected chi connectivity index (χ4v) is 1.98. The summed E-state index contributed by atoms with van der Waals surface area (Å²) in [6.45, 7) is 1.92. The summed E-state index contributed by atoms with van der Waals surface area (Å²) in [6.07, 6.45) is 0. The fourth-order valence-electron chi connectivity index (χ4n) is 1.98. The number of aryl methyl sites for hydroxylation is 1. The number of fused-ring (bicyclic) bond motifs is 1. The first kappa shape index (κ1) is 11.6. The van der Waals surface area contributed by atoms with E-state index < -0.39 is 0 Å². The monoisotopic (exact) mass is 256 g/mol. The summed E-state index contributed by atoms with van der Waals surface area (Å²) in [5, 5.41) is 2.95. The summed E-state index contributed by atoms with van der Waals surface area (Å²) < 4.78 is 13.8. The smallest absolute Gasteiger partial charge is 0.180 e. The highest BCUT2D eigenvalue weighted by Gasteiger charge is 2.11. The van der Waals surface area contributed by atoms with Crippen molar-refractivity contribution in [3.63, 3.8) is 0 Å². The Morgan fingerprint density at radius 1 is 1.16 bits per heavy atom. The molecular formula is C14H13FN4. The third kappa shape index (κ3) is 2.03. The maximum Gasteiger partial charge on any atom is 0.180 e. The molecule has 4 nitrogen and oxygen atoms in total. The first-order valence-corrected chi connectivity index (χ1v) is 5.98. The molecule has 0 unspecified atom stereocenters. The van der Waals surface area contributed by atoms with Gasteiger partial charge in [-0.2, -0.15) is 0 Å². The molecule has 0 aliphatic heterocycles. The zero-order chi connectivity index (χ0) is 13.4. The number of nitrogens with zero attached hydrogens (tertiary/aromatic N) is 2. The lowest BCUT2D eigenvalue weighted by atomic mass is 10.1. The molecule has 3 aromatic rings. The molecule has 0 bridgehead atoms. The summed E-state index contributed by atoms with van der Waals surface area (Å²) in [7, 11) is 1.79. The zero-order valence-electron chi connectivity index (χ0n) is 10.7. The van der Waals surface area contributed by atoms with Crippen LogP contribution in [0.5, 0.6) is 0 Å². The van der Waals surface area contributed by atoms with Crippen LogP contribution in [0.3, 0.4) is 0 Å². The Morgan fingerprint density at radius 2 is 2.00 bits per heavy atom. The van der Waals surface area contributed by atoms with Gasteiger partial charge in [0, 0.05) is 7.05 Å². The molecule has 0 aliphatic carbocycles. The van der Waals surface area contributed by atoms with Crippen molar-refractivity contribution in [2.24, 2.45) is 0 Å². The molecule has 0 radical (unpaired) electrons. The Morgan fingerprint density at radius 3 is 2.79 bits per heavy atom. The number of aromatic amines is 1. The van der Waals surface area contributed by atoms with Gasteiger partial charge in [-0.15, -0.1) is 0 Å². The average Bonchev–Trinajstić information content (AvgIpc) is 2.83. The van der Waals surface area contributed by atoms with Crippen LogP contribution in [0.2, 0.25) is 0 Å². The number of imidazole rings is 1. The van der Waals surface area contributed by atoms with Gasteiger partial charge in [0.05, 0.1) is 11.1 Å². The second kappa shape index (κ2) is 4.35. The Bertz CT molecular complexity index is 748. The van der Waals surface area contributed by atoms with Crippen molar-refractivity contribution in [1.29, 1.82) is 0 Å². The topological polar surface area (TPSA) is 53.6 Å². The summed E-state index contributed by atoms with van der Waals surface area (Å²) in [6, 6.07) is 8.67. The number of nitrogens with one attached hydrogen (secondary N) is 2. The maximum atomic E-state index is 13.8. The van der Waals surface area contributed by atoms with Gasteiger partial charge >= 0.3 is 0 Å². The normalized spacial score (nSPS) is 10.9. The van der Waals surface area contributed by atoms with E-state index in [4.69, 9.17) is 0 Å². The zero-order valence-corrected chi connectivity index (χ0v) is 10.7. The average molecular weight is 256 g/mol. The van der Waals surface area contributed by atoms with E-state index in [0.717, 1.165) is 16.9 Å². The van der Waals surface area contributed by atoms with E-state index in [0.29, 0.717) is 17.0 Å². The highest BCUT2D eigenvalue weighted by molar-refractivity contribution is 5.77. The van der Waals surface area contributed by atoms with E-state index in [1.54, 1.807) is 19.2 Å². The minimum absolute atomic E-state index is 0.293. The van der Waals surface area contributed by atoms with Gasteiger partial charge in [-0.3, -0.25) is 0 Å². The van der Waals surface area contributed by atoms with Gasteiger partial charge < -0.3 is 10.3 Å². The number of H-pyrrole nitrogens is 1. The summed E-state index contributed by atoms with van der Waals surface area (Å²) in [4.78, 5) is 11.8. The maximum absolute atomic E-state index is 13.8. The second-order valence-corrected chi connectivity index (χ2v) is 4.39. The number of hydrogen-bond donors (Lipinski definition) is 2. The molecule has 2 heterocycles. The van der Waals surface area contributed by atoms with Crippen LogP contribution >= 0.6 is 0 Å². The van der Waals surface area contributed by atoms with Gasteiger partial charge in [0.2, 0.25) is 0 Å². The lowest BCUT2D eigenvalue weighted by molar-refractivity contribution is 0.630. The van der Waals surface area contributed by atoms with Crippen LogP contribution in [0.15, 0.2) is 30.3 Å². The van der Waals surface area contributed by atoms with Gasteiger partial charge in [-0.1, -0.05) is 11.6 Å². The van der Waals surface area contributed by atoms with Crippen LogP contribution in [0.4, 0.5) is 10.2 Å². The van der Waals surface area contributed by atoms with Crippen molar-refractivity contribution in [1.82, 2.24) is 15.0 Å². The van der Waals surface area contributed by atoms with E-state index in [9.17, 15) is 4.39 Å². The van der Waals surface area contributed by atoms with Gasteiger partial charge in [0.15, 0.2) is 5.65 Å². The van der Waals surface area contributed by atoms with Gasteiger partial charge in [-0.25, -0.2) is 14.4 Å². The highest BCUT2D eigenvalue weighted by Crippen LogP contribution is 2.24. The number of hydrogen-bond acceptors (Lipinski definition) is 3. The second-order valence-electron chi connectivity index (χ2n) is 4.39. The third-order valence-electron chi connectivity index (χ3n) is 2.98. The van der Waals surface area contributed by atoms with Crippen LogP contribution in [0.1, 0.15) is 5.56 Å². The van der Waals surface area contributed by atoms with Crippen molar-refractivity contribution >= 4 is 17.0 Å². The molecule has 0 fully saturated rings. The Labute approximate surface area is 109 Å². The minimum Gasteiger partial charge on any atom is -0.373 e. The van der Waals surface area contributed by atoms with Crippen LogP contribution in [0.25, 0.3) is 22.6 Å². The predicted octanol–water partition coefficient (Wildman–Crippen LogP) is 3.11. The highest BCUT2D eigenvalue weighted by atomic mass is 19.1. The number of pyridine rings is 1.